The van der Waals surface area contributed by atoms with Crippen molar-refractivity contribution < 1.29 is 14.6 Å². The van der Waals surface area contributed by atoms with Gasteiger partial charge < -0.3 is 19.9 Å². The van der Waals surface area contributed by atoms with E-state index in [0.29, 0.717) is 25.6 Å². The highest BCUT2D eigenvalue weighted by Gasteiger charge is 2.39. The van der Waals surface area contributed by atoms with Crippen molar-refractivity contribution in [3.63, 3.8) is 0 Å². The van der Waals surface area contributed by atoms with Crippen LogP contribution in [0.4, 0.5) is 0 Å². The first kappa shape index (κ1) is 16.3. The highest BCUT2D eigenvalue weighted by molar-refractivity contribution is 5.27. The Morgan fingerprint density at radius 3 is 2.71 bits per heavy atom. The first-order valence-electron chi connectivity index (χ1n) is 7.74. The molecular weight excluding hydrogens is 266 g/mol. The minimum atomic E-state index is -0.714. The van der Waals surface area contributed by atoms with Gasteiger partial charge >= 0.3 is 0 Å². The third-order valence-electron chi connectivity index (χ3n) is 4.44. The molecule has 1 heterocycles. The predicted molar refractivity (Wildman–Crippen MR) is 83.8 cm³/mol. The number of rotatable bonds is 7. The average molecular weight is 293 g/mol. The van der Waals surface area contributed by atoms with Crippen molar-refractivity contribution in [3.05, 3.63) is 29.8 Å². The Balaban J connectivity index is 1.73. The van der Waals surface area contributed by atoms with Gasteiger partial charge in [-0.15, -0.1) is 0 Å². The molecule has 3 unspecified atom stereocenters. The molecule has 1 aliphatic heterocycles. The Bertz CT molecular complexity index is 434. The van der Waals surface area contributed by atoms with Crippen molar-refractivity contribution in [2.24, 2.45) is 0 Å². The van der Waals surface area contributed by atoms with E-state index in [-0.39, 0.29) is 6.10 Å². The normalized spacial score (nSPS) is 26.8. The van der Waals surface area contributed by atoms with Crippen molar-refractivity contribution in [2.75, 3.05) is 20.3 Å². The molecule has 0 saturated carbocycles. The Morgan fingerprint density at radius 1 is 1.43 bits per heavy atom. The summed E-state index contributed by atoms with van der Waals surface area (Å²) < 4.78 is 10.6. The third kappa shape index (κ3) is 4.43. The maximum absolute atomic E-state index is 10.5. The highest BCUT2D eigenvalue weighted by atomic mass is 16.5. The van der Waals surface area contributed by atoms with E-state index in [4.69, 9.17) is 9.47 Å². The maximum Gasteiger partial charge on any atom is 0.118 e. The second-order valence-electron chi connectivity index (χ2n) is 6.04. The molecule has 0 bridgehead atoms. The van der Waals surface area contributed by atoms with Crippen LogP contribution in [0.25, 0.3) is 0 Å². The zero-order valence-electron chi connectivity index (χ0n) is 13.3. The topological polar surface area (TPSA) is 50.7 Å². The van der Waals surface area contributed by atoms with Gasteiger partial charge in [0.2, 0.25) is 0 Å². The van der Waals surface area contributed by atoms with E-state index < -0.39 is 5.60 Å². The molecule has 0 aromatic heterocycles. The standard InChI is InChI=1S/C17H27NO3/c1-13(18-12-17(19)10-11-21-14(17)2)4-5-15-6-8-16(20-3)9-7-15/h6-9,13-14,18-19H,4-5,10-12H2,1-3H3. The molecule has 4 heteroatoms. The maximum atomic E-state index is 10.5. The molecule has 3 atom stereocenters. The van der Waals surface area contributed by atoms with E-state index in [1.807, 2.05) is 19.1 Å². The van der Waals surface area contributed by atoms with Crippen LogP contribution < -0.4 is 10.1 Å². The number of ether oxygens (including phenoxy) is 2. The fourth-order valence-corrected chi connectivity index (χ4v) is 2.63. The molecule has 0 radical (unpaired) electrons. The number of aryl methyl sites for hydroxylation is 1. The molecule has 1 fully saturated rings. The molecule has 1 saturated heterocycles. The molecule has 0 spiro atoms. The van der Waals surface area contributed by atoms with Crippen LogP contribution in [0.15, 0.2) is 24.3 Å². The molecule has 2 N–H and O–H groups in total. The lowest BCUT2D eigenvalue weighted by Gasteiger charge is -2.28. The van der Waals surface area contributed by atoms with Crippen molar-refractivity contribution >= 4 is 0 Å². The van der Waals surface area contributed by atoms with Gasteiger partial charge in [0.05, 0.1) is 13.2 Å². The molecule has 0 amide bonds. The molecule has 2 rings (SSSR count). The van der Waals surface area contributed by atoms with E-state index in [1.54, 1.807) is 7.11 Å². The number of methoxy groups -OCH3 is 1. The minimum Gasteiger partial charge on any atom is -0.497 e. The summed E-state index contributed by atoms with van der Waals surface area (Å²) in [6, 6.07) is 8.56. The number of benzene rings is 1. The largest absolute Gasteiger partial charge is 0.497 e. The van der Waals surface area contributed by atoms with Gasteiger partial charge in [-0.1, -0.05) is 12.1 Å². The van der Waals surface area contributed by atoms with E-state index in [0.717, 1.165) is 18.6 Å². The van der Waals surface area contributed by atoms with Crippen molar-refractivity contribution in [3.8, 4) is 5.75 Å². The summed E-state index contributed by atoms with van der Waals surface area (Å²) in [5.74, 6) is 0.891. The lowest BCUT2D eigenvalue weighted by Crippen LogP contribution is -2.48. The lowest BCUT2D eigenvalue weighted by molar-refractivity contribution is -0.0274. The van der Waals surface area contributed by atoms with E-state index >= 15 is 0 Å². The minimum absolute atomic E-state index is 0.0845. The third-order valence-corrected chi connectivity index (χ3v) is 4.44. The summed E-state index contributed by atoms with van der Waals surface area (Å²) in [6.07, 6.45) is 2.69. The smallest absolute Gasteiger partial charge is 0.118 e. The zero-order valence-corrected chi connectivity index (χ0v) is 13.3. The van der Waals surface area contributed by atoms with Crippen LogP contribution in [0, 0.1) is 0 Å². The van der Waals surface area contributed by atoms with Gasteiger partial charge in [-0.25, -0.2) is 0 Å². The van der Waals surface area contributed by atoms with Crippen LogP contribution in [-0.2, 0) is 11.2 Å². The number of hydrogen-bond donors (Lipinski definition) is 2. The van der Waals surface area contributed by atoms with Gasteiger partial charge in [0.25, 0.3) is 0 Å². The molecule has 0 aliphatic carbocycles. The number of hydrogen-bond acceptors (Lipinski definition) is 4. The molecular formula is C17H27NO3. The van der Waals surface area contributed by atoms with Crippen molar-refractivity contribution in [1.29, 1.82) is 0 Å². The Hall–Kier alpha value is -1.10. The van der Waals surface area contributed by atoms with Crippen LogP contribution in [0.2, 0.25) is 0 Å². The lowest BCUT2D eigenvalue weighted by atomic mass is 9.96. The molecule has 4 nitrogen and oxygen atoms in total. The Labute approximate surface area is 127 Å². The summed E-state index contributed by atoms with van der Waals surface area (Å²) in [7, 11) is 1.68. The molecule has 1 aromatic carbocycles. The summed E-state index contributed by atoms with van der Waals surface area (Å²) in [5, 5.41) is 13.9. The number of nitrogens with one attached hydrogen (secondary N) is 1. The fraction of sp³-hybridized carbons (Fsp3) is 0.647. The summed E-state index contributed by atoms with van der Waals surface area (Å²) in [4.78, 5) is 0. The SMILES string of the molecule is COc1ccc(CCC(C)NCC2(O)CCOC2C)cc1. The second-order valence-corrected chi connectivity index (χ2v) is 6.04. The van der Waals surface area contributed by atoms with Gasteiger partial charge in [-0.2, -0.15) is 0 Å². The first-order chi connectivity index (χ1) is 10.0. The number of aliphatic hydroxyl groups is 1. The molecule has 1 aliphatic rings. The van der Waals surface area contributed by atoms with Crippen LogP contribution in [0.5, 0.6) is 5.75 Å². The van der Waals surface area contributed by atoms with Gasteiger partial charge in [0.1, 0.15) is 11.4 Å². The van der Waals surface area contributed by atoms with Crippen LogP contribution in [0.1, 0.15) is 32.3 Å². The molecule has 21 heavy (non-hydrogen) atoms. The second kappa shape index (κ2) is 7.25. The van der Waals surface area contributed by atoms with Crippen LogP contribution in [-0.4, -0.2) is 43.1 Å². The molecule has 118 valence electrons. The Morgan fingerprint density at radius 2 is 2.14 bits per heavy atom. The summed E-state index contributed by atoms with van der Waals surface area (Å²) in [5.41, 5.74) is 0.592. The Kier molecular flexibility index (Phi) is 5.62. The predicted octanol–water partition coefficient (Wildman–Crippen LogP) is 2.15. The monoisotopic (exact) mass is 293 g/mol. The van der Waals surface area contributed by atoms with Crippen LogP contribution in [0.3, 0.4) is 0 Å². The first-order valence-corrected chi connectivity index (χ1v) is 7.74. The molecule has 1 aromatic rings. The summed E-state index contributed by atoms with van der Waals surface area (Å²) >= 11 is 0. The van der Waals surface area contributed by atoms with Gasteiger partial charge in [-0.05, 0) is 44.4 Å². The van der Waals surface area contributed by atoms with E-state index in [9.17, 15) is 5.11 Å². The van der Waals surface area contributed by atoms with Gasteiger partial charge in [-0.3, -0.25) is 0 Å². The highest BCUT2D eigenvalue weighted by Crippen LogP contribution is 2.25. The van der Waals surface area contributed by atoms with E-state index in [2.05, 4.69) is 24.4 Å². The fourth-order valence-electron chi connectivity index (χ4n) is 2.63. The quantitative estimate of drug-likeness (QED) is 0.809. The zero-order chi connectivity index (χ0) is 15.3. The van der Waals surface area contributed by atoms with E-state index in [1.165, 1.54) is 5.56 Å². The van der Waals surface area contributed by atoms with Crippen LogP contribution >= 0.6 is 0 Å². The van der Waals surface area contributed by atoms with Gasteiger partial charge in [0, 0.05) is 25.6 Å². The van der Waals surface area contributed by atoms with Crippen molar-refractivity contribution in [2.45, 2.75) is 50.9 Å². The van der Waals surface area contributed by atoms with Crippen molar-refractivity contribution in [1.82, 2.24) is 5.32 Å². The average Bonchev–Trinajstić information content (AvgIpc) is 2.83. The summed E-state index contributed by atoms with van der Waals surface area (Å²) in [6.45, 7) is 5.35. The van der Waals surface area contributed by atoms with Gasteiger partial charge in [0.15, 0.2) is 0 Å².